The lowest BCUT2D eigenvalue weighted by molar-refractivity contribution is -0.138. The molecule has 1 aromatic heterocycles. The Kier molecular flexibility index (Phi) is 4.65. The molecule has 4 nitrogen and oxygen atoms in total. The van der Waals surface area contributed by atoms with Crippen LogP contribution in [-0.4, -0.2) is 35.0 Å². The highest BCUT2D eigenvalue weighted by Crippen LogP contribution is 2.33. The molecule has 1 aliphatic rings. The molecule has 0 saturated carbocycles. The quantitative estimate of drug-likeness (QED) is 0.848. The zero-order chi connectivity index (χ0) is 18.0. The maximum absolute atomic E-state index is 13.1. The van der Waals surface area contributed by atoms with Gasteiger partial charge in [0.2, 0.25) is 5.88 Å². The maximum atomic E-state index is 13.1. The number of halogens is 3. The third kappa shape index (κ3) is 3.92. The number of alkyl halides is 3. The van der Waals surface area contributed by atoms with E-state index in [4.69, 9.17) is 4.74 Å². The van der Waals surface area contributed by atoms with Gasteiger partial charge < -0.3 is 9.64 Å². The topological polar surface area (TPSA) is 42.4 Å². The molecule has 0 radical (unpaired) electrons. The van der Waals surface area contributed by atoms with Crippen LogP contribution in [-0.2, 0) is 6.18 Å². The Labute approximate surface area is 143 Å². The number of pyridine rings is 1. The minimum atomic E-state index is -4.56. The van der Waals surface area contributed by atoms with E-state index in [0.29, 0.717) is 18.8 Å². The van der Waals surface area contributed by atoms with Crippen LogP contribution in [0.3, 0.4) is 0 Å². The number of carbonyl (C=O) groups excluding carboxylic acids is 1. The van der Waals surface area contributed by atoms with E-state index < -0.39 is 17.6 Å². The summed E-state index contributed by atoms with van der Waals surface area (Å²) in [4.78, 5) is 18.2. The number of ether oxygens (including phenoxy) is 1. The van der Waals surface area contributed by atoms with E-state index in [9.17, 15) is 18.0 Å². The third-order valence-corrected chi connectivity index (χ3v) is 4.05. The van der Waals surface area contributed by atoms with Crippen LogP contribution < -0.4 is 4.74 Å². The molecule has 25 heavy (non-hydrogen) atoms. The smallest absolute Gasteiger partial charge is 0.417 e. The Morgan fingerprint density at radius 2 is 1.96 bits per heavy atom. The zero-order valence-corrected chi connectivity index (χ0v) is 13.6. The molecule has 2 aromatic rings. The summed E-state index contributed by atoms with van der Waals surface area (Å²) in [5.41, 5.74) is -0.434. The van der Waals surface area contributed by atoms with Crippen LogP contribution in [0.2, 0.25) is 0 Å². The summed E-state index contributed by atoms with van der Waals surface area (Å²) in [6, 6.07) is 10.2. The molecule has 1 unspecified atom stereocenters. The minimum Gasteiger partial charge on any atom is -0.472 e. The van der Waals surface area contributed by atoms with Crippen LogP contribution in [0.1, 0.15) is 28.0 Å². The molecule has 1 aromatic carbocycles. The molecule has 0 spiro atoms. The SMILES string of the molecule is Cc1cccc(OC2CCN(C(=O)c3ccccc3C(F)(F)F)C2)n1. The zero-order valence-electron chi connectivity index (χ0n) is 13.6. The summed E-state index contributed by atoms with van der Waals surface area (Å²) >= 11 is 0. The monoisotopic (exact) mass is 350 g/mol. The van der Waals surface area contributed by atoms with Gasteiger partial charge in [-0.05, 0) is 25.1 Å². The van der Waals surface area contributed by atoms with E-state index in [0.717, 1.165) is 11.8 Å². The van der Waals surface area contributed by atoms with Gasteiger partial charge in [0.15, 0.2) is 0 Å². The number of nitrogens with zero attached hydrogens (tertiary/aromatic N) is 2. The van der Waals surface area contributed by atoms with Gasteiger partial charge in [0.05, 0.1) is 17.7 Å². The summed E-state index contributed by atoms with van der Waals surface area (Å²) in [5, 5.41) is 0. The molecule has 0 N–H and O–H groups in total. The third-order valence-electron chi connectivity index (χ3n) is 4.05. The van der Waals surface area contributed by atoms with Crippen LogP contribution in [0.4, 0.5) is 13.2 Å². The second-order valence-corrected chi connectivity index (χ2v) is 5.94. The van der Waals surface area contributed by atoms with Crippen molar-refractivity contribution in [3.8, 4) is 5.88 Å². The summed E-state index contributed by atoms with van der Waals surface area (Å²) < 4.78 is 45.0. The van der Waals surface area contributed by atoms with E-state index in [-0.39, 0.29) is 18.2 Å². The number of rotatable bonds is 3. The molecule has 1 saturated heterocycles. The number of aromatic nitrogens is 1. The van der Waals surface area contributed by atoms with Crippen molar-refractivity contribution in [2.24, 2.45) is 0 Å². The Hall–Kier alpha value is -2.57. The number of aryl methyl sites for hydroxylation is 1. The van der Waals surface area contributed by atoms with Crippen molar-refractivity contribution >= 4 is 5.91 Å². The van der Waals surface area contributed by atoms with Crippen molar-refractivity contribution < 1.29 is 22.7 Å². The average molecular weight is 350 g/mol. The van der Waals surface area contributed by atoms with E-state index in [1.807, 2.05) is 19.1 Å². The summed E-state index contributed by atoms with van der Waals surface area (Å²) in [6.45, 7) is 2.42. The fraction of sp³-hybridized carbons (Fsp3) is 0.333. The van der Waals surface area contributed by atoms with Crippen LogP contribution in [0.25, 0.3) is 0 Å². The van der Waals surface area contributed by atoms with Crippen molar-refractivity contribution in [1.82, 2.24) is 9.88 Å². The molecule has 1 atom stereocenters. The lowest BCUT2D eigenvalue weighted by Gasteiger charge is -2.19. The predicted molar refractivity (Wildman–Crippen MR) is 85.4 cm³/mol. The van der Waals surface area contributed by atoms with Crippen molar-refractivity contribution in [2.45, 2.75) is 25.6 Å². The molecule has 0 bridgehead atoms. The lowest BCUT2D eigenvalue weighted by Crippen LogP contribution is -2.32. The number of carbonyl (C=O) groups is 1. The number of benzene rings is 1. The van der Waals surface area contributed by atoms with Crippen LogP contribution in [0, 0.1) is 6.92 Å². The number of hydrogen-bond acceptors (Lipinski definition) is 3. The van der Waals surface area contributed by atoms with Crippen molar-refractivity contribution in [1.29, 1.82) is 0 Å². The summed E-state index contributed by atoms with van der Waals surface area (Å²) in [7, 11) is 0. The van der Waals surface area contributed by atoms with Gasteiger partial charge in [-0.15, -0.1) is 0 Å². The van der Waals surface area contributed by atoms with Gasteiger partial charge in [-0.2, -0.15) is 13.2 Å². The van der Waals surface area contributed by atoms with E-state index in [2.05, 4.69) is 4.98 Å². The molecular weight excluding hydrogens is 333 g/mol. The molecule has 1 aliphatic heterocycles. The standard InChI is InChI=1S/C18H17F3N2O2/c1-12-5-4-8-16(22-12)25-13-9-10-23(11-13)17(24)14-6-2-3-7-15(14)18(19,20)21/h2-8,13H,9-11H2,1H3. The highest BCUT2D eigenvalue weighted by molar-refractivity contribution is 5.96. The van der Waals surface area contributed by atoms with Gasteiger partial charge in [-0.1, -0.05) is 18.2 Å². The second-order valence-electron chi connectivity index (χ2n) is 5.94. The molecular formula is C18H17F3N2O2. The predicted octanol–water partition coefficient (Wildman–Crippen LogP) is 3.70. The summed E-state index contributed by atoms with van der Waals surface area (Å²) in [6.07, 6.45) is -4.29. The first-order valence-corrected chi connectivity index (χ1v) is 7.90. The van der Waals surface area contributed by atoms with E-state index >= 15 is 0 Å². The van der Waals surface area contributed by atoms with E-state index in [1.165, 1.54) is 23.1 Å². The highest BCUT2D eigenvalue weighted by Gasteiger charge is 2.37. The minimum absolute atomic E-state index is 0.237. The number of hydrogen-bond donors (Lipinski definition) is 0. The first-order valence-electron chi connectivity index (χ1n) is 7.90. The summed E-state index contributed by atoms with van der Waals surface area (Å²) in [5.74, 6) is -0.175. The number of likely N-dealkylation sites (tertiary alicyclic amines) is 1. The van der Waals surface area contributed by atoms with Gasteiger partial charge in [0.1, 0.15) is 6.10 Å². The molecule has 1 fully saturated rings. The van der Waals surface area contributed by atoms with Gasteiger partial charge in [-0.3, -0.25) is 4.79 Å². The van der Waals surface area contributed by atoms with Crippen molar-refractivity contribution in [2.75, 3.05) is 13.1 Å². The Morgan fingerprint density at radius 3 is 2.68 bits per heavy atom. The molecule has 1 amide bonds. The highest BCUT2D eigenvalue weighted by atomic mass is 19.4. The molecule has 132 valence electrons. The molecule has 0 aliphatic carbocycles. The largest absolute Gasteiger partial charge is 0.472 e. The van der Waals surface area contributed by atoms with Crippen LogP contribution in [0.15, 0.2) is 42.5 Å². The van der Waals surface area contributed by atoms with Crippen molar-refractivity contribution in [3.05, 3.63) is 59.3 Å². The van der Waals surface area contributed by atoms with Crippen molar-refractivity contribution in [3.63, 3.8) is 0 Å². The van der Waals surface area contributed by atoms with Gasteiger partial charge >= 0.3 is 6.18 Å². The Morgan fingerprint density at radius 1 is 1.20 bits per heavy atom. The second kappa shape index (κ2) is 6.74. The van der Waals surface area contributed by atoms with Gasteiger partial charge in [0, 0.05) is 24.7 Å². The van der Waals surface area contributed by atoms with Crippen LogP contribution >= 0.6 is 0 Å². The van der Waals surface area contributed by atoms with Crippen LogP contribution in [0.5, 0.6) is 5.88 Å². The molecule has 7 heteroatoms. The van der Waals surface area contributed by atoms with Gasteiger partial charge in [-0.25, -0.2) is 4.98 Å². The average Bonchev–Trinajstić information content (AvgIpc) is 3.02. The first kappa shape index (κ1) is 17.3. The lowest BCUT2D eigenvalue weighted by atomic mass is 10.1. The maximum Gasteiger partial charge on any atom is 0.417 e. The fourth-order valence-corrected chi connectivity index (χ4v) is 2.85. The van der Waals surface area contributed by atoms with E-state index in [1.54, 1.807) is 6.07 Å². The molecule has 3 rings (SSSR count). The Balaban J connectivity index is 1.71. The normalized spacial score (nSPS) is 17.6. The molecule has 2 heterocycles. The number of amides is 1. The fourth-order valence-electron chi connectivity index (χ4n) is 2.85. The first-order chi connectivity index (χ1) is 11.8. The Bertz CT molecular complexity index is 777. The van der Waals surface area contributed by atoms with Gasteiger partial charge in [0.25, 0.3) is 5.91 Å².